The van der Waals surface area contributed by atoms with Crippen LogP contribution in [0, 0.1) is 0 Å². The van der Waals surface area contributed by atoms with Gasteiger partial charge in [0.05, 0.1) is 12.2 Å². The summed E-state index contributed by atoms with van der Waals surface area (Å²) >= 11 is 0. The summed E-state index contributed by atoms with van der Waals surface area (Å²) in [6.07, 6.45) is 3.47. The zero-order valence-corrected chi connectivity index (χ0v) is 13.0. The quantitative estimate of drug-likeness (QED) is 0.534. The van der Waals surface area contributed by atoms with E-state index in [0.29, 0.717) is 12.8 Å². The second-order valence-corrected chi connectivity index (χ2v) is 4.64. The number of aliphatic hydroxyl groups excluding tert-OH is 2. The molecule has 0 saturated heterocycles. The second kappa shape index (κ2) is 12.1. The molecule has 0 aromatic heterocycles. The number of carboxylic acid groups (broad SMARTS) is 2. The van der Waals surface area contributed by atoms with Crippen molar-refractivity contribution in [2.75, 3.05) is 0 Å². The fourth-order valence-corrected chi connectivity index (χ4v) is 1.22. The molecule has 0 rings (SSSR count). The molecular formula is C15H26O6. The molecule has 2 atom stereocenters. The SMILES string of the molecule is CCC(O)C=C(C)C(=O)O.CCCC(O)C=C(C)C(=O)O. The maximum Gasteiger partial charge on any atom is 0.331 e. The molecule has 6 nitrogen and oxygen atoms in total. The molecule has 6 heteroatoms. The second-order valence-electron chi connectivity index (χ2n) is 4.64. The number of carbonyl (C=O) groups is 2. The highest BCUT2D eigenvalue weighted by molar-refractivity contribution is 5.86. The van der Waals surface area contributed by atoms with E-state index in [2.05, 4.69) is 0 Å². The first-order valence-electron chi connectivity index (χ1n) is 6.85. The molecule has 21 heavy (non-hydrogen) atoms. The molecule has 0 heterocycles. The van der Waals surface area contributed by atoms with Gasteiger partial charge in [-0.15, -0.1) is 0 Å². The molecule has 0 aromatic rings. The van der Waals surface area contributed by atoms with Gasteiger partial charge in [0.1, 0.15) is 0 Å². The van der Waals surface area contributed by atoms with Gasteiger partial charge >= 0.3 is 11.9 Å². The summed E-state index contributed by atoms with van der Waals surface area (Å²) in [7, 11) is 0. The molecule has 0 aliphatic carbocycles. The Kier molecular flexibility index (Phi) is 12.5. The third-order valence-electron chi connectivity index (χ3n) is 2.56. The lowest BCUT2D eigenvalue weighted by Gasteiger charge is -2.02. The lowest BCUT2D eigenvalue weighted by atomic mass is 10.1. The van der Waals surface area contributed by atoms with Gasteiger partial charge in [0, 0.05) is 11.1 Å². The molecule has 0 amide bonds. The van der Waals surface area contributed by atoms with Crippen molar-refractivity contribution in [3.8, 4) is 0 Å². The van der Waals surface area contributed by atoms with E-state index in [9.17, 15) is 9.59 Å². The Labute approximate surface area is 125 Å². The van der Waals surface area contributed by atoms with Crippen LogP contribution in [0.15, 0.2) is 23.3 Å². The number of carboxylic acids is 2. The summed E-state index contributed by atoms with van der Waals surface area (Å²) < 4.78 is 0. The minimum Gasteiger partial charge on any atom is -0.478 e. The first-order valence-corrected chi connectivity index (χ1v) is 6.85. The first kappa shape index (κ1) is 21.6. The van der Waals surface area contributed by atoms with E-state index >= 15 is 0 Å². The van der Waals surface area contributed by atoms with Gasteiger partial charge in [-0.3, -0.25) is 0 Å². The van der Waals surface area contributed by atoms with Crippen molar-refractivity contribution in [3.63, 3.8) is 0 Å². The Hall–Kier alpha value is -1.66. The van der Waals surface area contributed by atoms with Crippen molar-refractivity contribution in [1.82, 2.24) is 0 Å². The molecule has 4 N–H and O–H groups in total. The molecule has 0 bridgehead atoms. The molecular weight excluding hydrogens is 276 g/mol. The number of hydrogen-bond donors (Lipinski definition) is 4. The molecule has 0 aromatic carbocycles. The van der Waals surface area contributed by atoms with Crippen molar-refractivity contribution in [3.05, 3.63) is 23.3 Å². The van der Waals surface area contributed by atoms with E-state index < -0.39 is 24.1 Å². The normalized spacial score (nSPS) is 14.8. The predicted molar refractivity (Wildman–Crippen MR) is 80.0 cm³/mol. The number of hydrogen-bond acceptors (Lipinski definition) is 4. The van der Waals surface area contributed by atoms with Gasteiger partial charge in [-0.1, -0.05) is 20.3 Å². The van der Waals surface area contributed by atoms with Crippen molar-refractivity contribution in [2.45, 2.75) is 59.2 Å². The minimum absolute atomic E-state index is 0.189. The summed E-state index contributed by atoms with van der Waals surface area (Å²) in [5.41, 5.74) is 0.389. The zero-order valence-electron chi connectivity index (χ0n) is 13.0. The van der Waals surface area contributed by atoms with Gasteiger partial charge in [-0.05, 0) is 38.8 Å². The lowest BCUT2D eigenvalue weighted by molar-refractivity contribution is -0.133. The van der Waals surface area contributed by atoms with Gasteiger partial charge in [-0.2, -0.15) is 0 Å². The van der Waals surface area contributed by atoms with Crippen LogP contribution >= 0.6 is 0 Å². The van der Waals surface area contributed by atoms with Crippen molar-refractivity contribution < 1.29 is 30.0 Å². The minimum atomic E-state index is -0.979. The summed E-state index contributed by atoms with van der Waals surface area (Å²) in [5, 5.41) is 34.8. The predicted octanol–water partition coefficient (Wildman–Crippen LogP) is 1.97. The van der Waals surface area contributed by atoms with Crippen LogP contribution in [-0.2, 0) is 9.59 Å². The highest BCUT2D eigenvalue weighted by Gasteiger charge is 2.03. The summed E-state index contributed by atoms with van der Waals surface area (Å²) in [4.78, 5) is 20.4. The van der Waals surface area contributed by atoms with Crippen LogP contribution in [-0.4, -0.2) is 44.6 Å². The van der Waals surface area contributed by atoms with Crippen LogP contribution in [0.3, 0.4) is 0 Å². The topological polar surface area (TPSA) is 115 Å². The van der Waals surface area contributed by atoms with Crippen molar-refractivity contribution in [1.29, 1.82) is 0 Å². The highest BCUT2D eigenvalue weighted by Crippen LogP contribution is 2.02. The van der Waals surface area contributed by atoms with Gasteiger partial charge < -0.3 is 20.4 Å². The summed E-state index contributed by atoms with van der Waals surface area (Å²) in [6, 6.07) is 0. The molecule has 0 saturated carbocycles. The van der Waals surface area contributed by atoms with E-state index in [1.807, 2.05) is 6.92 Å². The Morgan fingerprint density at radius 3 is 1.57 bits per heavy atom. The van der Waals surface area contributed by atoms with Crippen LogP contribution in [0.25, 0.3) is 0 Å². The lowest BCUT2D eigenvalue weighted by Crippen LogP contribution is -2.05. The monoisotopic (exact) mass is 302 g/mol. The fraction of sp³-hybridized carbons (Fsp3) is 0.600. The molecule has 0 radical (unpaired) electrons. The Balaban J connectivity index is 0. The first-order chi connectivity index (χ1) is 9.65. The maximum atomic E-state index is 10.3. The van der Waals surface area contributed by atoms with Crippen LogP contribution in [0.1, 0.15) is 47.0 Å². The number of rotatable bonds is 7. The molecule has 0 aliphatic heterocycles. The van der Waals surface area contributed by atoms with Crippen LogP contribution < -0.4 is 0 Å². The van der Waals surface area contributed by atoms with Crippen LogP contribution in [0.5, 0.6) is 0 Å². The van der Waals surface area contributed by atoms with Gasteiger partial charge in [0.15, 0.2) is 0 Å². The van der Waals surface area contributed by atoms with Crippen LogP contribution in [0.2, 0.25) is 0 Å². The van der Waals surface area contributed by atoms with Crippen LogP contribution in [0.4, 0.5) is 0 Å². The fourth-order valence-electron chi connectivity index (χ4n) is 1.22. The molecule has 0 aliphatic rings. The average Bonchev–Trinajstić information content (AvgIpc) is 2.39. The Morgan fingerprint density at radius 2 is 1.29 bits per heavy atom. The Bertz CT molecular complexity index is 384. The van der Waals surface area contributed by atoms with E-state index in [1.54, 1.807) is 6.92 Å². The average molecular weight is 302 g/mol. The van der Waals surface area contributed by atoms with E-state index in [1.165, 1.54) is 26.0 Å². The van der Waals surface area contributed by atoms with E-state index in [-0.39, 0.29) is 11.1 Å². The van der Waals surface area contributed by atoms with Crippen molar-refractivity contribution >= 4 is 11.9 Å². The smallest absolute Gasteiger partial charge is 0.331 e. The molecule has 2 unspecified atom stereocenters. The van der Waals surface area contributed by atoms with Gasteiger partial charge in [0.2, 0.25) is 0 Å². The Morgan fingerprint density at radius 1 is 0.905 bits per heavy atom. The summed E-state index contributed by atoms with van der Waals surface area (Å²) in [6.45, 7) is 6.66. The highest BCUT2D eigenvalue weighted by atomic mass is 16.4. The standard InChI is InChI=1S/C8H14O3.C7H12O3/c1-3-4-7(9)5-6(2)8(10)11;1-3-6(8)4-5(2)7(9)10/h5,7,9H,3-4H2,1-2H3,(H,10,11);4,6,8H,3H2,1-2H3,(H,9,10). The molecule has 0 spiro atoms. The number of aliphatic carboxylic acids is 2. The third-order valence-corrected chi connectivity index (χ3v) is 2.56. The van der Waals surface area contributed by atoms with Gasteiger partial charge in [-0.25, -0.2) is 9.59 Å². The van der Waals surface area contributed by atoms with E-state index in [0.717, 1.165) is 6.42 Å². The molecule has 0 fully saturated rings. The van der Waals surface area contributed by atoms with Gasteiger partial charge in [0.25, 0.3) is 0 Å². The summed E-state index contributed by atoms with van der Waals surface area (Å²) in [5.74, 6) is -1.95. The largest absolute Gasteiger partial charge is 0.478 e. The molecule has 122 valence electrons. The van der Waals surface area contributed by atoms with Crippen molar-refractivity contribution in [2.24, 2.45) is 0 Å². The maximum absolute atomic E-state index is 10.3. The number of aliphatic hydroxyl groups is 2. The third kappa shape index (κ3) is 13.1. The zero-order chi connectivity index (χ0) is 17.0. The van der Waals surface area contributed by atoms with E-state index in [4.69, 9.17) is 20.4 Å².